The van der Waals surface area contributed by atoms with Crippen molar-refractivity contribution in [1.82, 2.24) is 15.3 Å². The number of nitrogens with zero attached hydrogens (tertiary/aromatic N) is 2. The van der Waals surface area contributed by atoms with E-state index < -0.39 is 12.1 Å². The number of nitrogens with two attached hydrogens (primary N) is 1. The number of alkyl halides is 3. The lowest BCUT2D eigenvalue weighted by molar-refractivity contribution is -0.192. The zero-order valence-corrected chi connectivity index (χ0v) is 24.4. The number of unbranched alkanes of at least 4 members (excludes halogenated alkanes) is 3. The zero-order valence-electron chi connectivity index (χ0n) is 24.4. The molecule has 13 heteroatoms. The second kappa shape index (κ2) is 18.5. The number of nitrogens with one attached hydrogen (secondary N) is 2. The summed E-state index contributed by atoms with van der Waals surface area (Å²) in [7, 11) is 3.31. The van der Waals surface area contributed by atoms with Gasteiger partial charge in [-0.05, 0) is 72.9 Å². The standard InChI is InChI=1S/C29H35N5O3.C2HF3O2/c1-35-26-11-7-9-22(19-26)13-15-24-21-25(16-14-23-10-8-12-27(20-23)36-2)34-29(33-24)37-18-6-4-3-5-17-32-28(30)31;3-2(4,5)1(6)7/h7-16,19-21H,3-6,17-18H2,1-2H3,(H4,30,31,32);(H,6,7). The molecular formula is C31H36F3N5O5. The van der Waals surface area contributed by atoms with Gasteiger partial charge in [0.1, 0.15) is 11.5 Å². The fourth-order valence-electron chi connectivity index (χ4n) is 3.52. The van der Waals surface area contributed by atoms with Gasteiger partial charge in [-0.1, -0.05) is 42.8 Å². The summed E-state index contributed by atoms with van der Waals surface area (Å²) in [6, 6.07) is 17.9. The third-order valence-corrected chi connectivity index (χ3v) is 5.69. The average Bonchev–Trinajstić information content (AvgIpc) is 3.00. The highest BCUT2D eigenvalue weighted by molar-refractivity contribution is 5.74. The third kappa shape index (κ3) is 14.2. The molecule has 44 heavy (non-hydrogen) atoms. The molecule has 0 saturated heterocycles. The van der Waals surface area contributed by atoms with Crippen LogP contribution < -0.4 is 25.3 Å². The van der Waals surface area contributed by atoms with Gasteiger partial charge in [0.15, 0.2) is 5.96 Å². The van der Waals surface area contributed by atoms with Crippen molar-refractivity contribution in [3.8, 4) is 17.5 Å². The number of carboxylic acid groups (broad SMARTS) is 1. The number of hydrogen-bond acceptors (Lipinski definition) is 7. The smallest absolute Gasteiger partial charge is 0.490 e. The first-order valence-electron chi connectivity index (χ1n) is 13.5. The number of benzene rings is 2. The van der Waals surface area contributed by atoms with E-state index in [0.717, 1.165) is 59.7 Å². The van der Waals surface area contributed by atoms with Crippen molar-refractivity contribution in [3.63, 3.8) is 0 Å². The minimum atomic E-state index is -5.08. The van der Waals surface area contributed by atoms with E-state index in [2.05, 4.69) is 15.3 Å². The summed E-state index contributed by atoms with van der Waals surface area (Å²) in [6.07, 6.45) is 6.66. The number of halogens is 3. The Labute approximate surface area is 253 Å². The number of aromatic nitrogens is 2. The molecule has 10 nitrogen and oxygen atoms in total. The van der Waals surface area contributed by atoms with Gasteiger partial charge in [0.2, 0.25) is 0 Å². The summed E-state index contributed by atoms with van der Waals surface area (Å²) >= 11 is 0. The minimum absolute atomic E-state index is 0.0112. The van der Waals surface area contributed by atoms with Crippen molar-refractivity contribution in [2.45, 2.75) is 31.9 Å². The molecule has 0 spiro atoms. The molecule has 0 unspecified atom stereocenters. The summed E-state index contributed by atoms with van der Waals surface area (Å²) in [5.41, 5.74) is 8.80. The van der Waals surface area contributed by atoms with Crippen LogP contribution in [-0.2, 0) is 4.79 Å². The summed E-state index contributed by atoms with van der Waals surface area (Å²) in [6.45, 7) is 1.24. The molecular weight excluding hydrogens is 579 g/mol. The Kier molecular flexibility index (Phi) is 14.7. The van der Waals surface area contributed by atoms with Crippen LogP contribution in [0.5, 0.6) is 17.5 Å². The molecule has 1 heterocycles. The van der Waals surface area contributed by atoms with Gasteiger partial charge < -0.3 is 30.4 Å². The maximum atomic E-state index is 10.6. The molecule has 0 radical (unpaired) electrons. The lowest BCUT2D eigenvalue weighted by Gasteiger charge is -2.07. The lowest BCUT2D eigenvalue weighted by atomic mass is 10.1. The topological polar surface area (TPSA) is 153 Å². The summed E-state index contributed by atoms with van der Waals surface area (Å²) < 4.78 is 48.3. The van der Waals surface area contributed by atoms with E-state index in [4.69, 9.17) is 35.3 Å². The van der Waals surface area contributed by atoms with Crippen LogP contribution in [0.25, 0.3) is 24.3 Å². The van der Waals surface area contributed by atoms with E-state index in [1.165, 1.54) is 0 Å². The number of ether oxygens (including phenoxy) is 3. The molecule has 5 N–H and O–H groups in total. The van der Waals surface area contributed by atoms with Crippen molar-refractivity contribution in [3.05, 3.63) is 77.1 Å². The average molecular weight is 616 g/mol. The van der Waals surface area contributed by atoms with Crippen LogP contribution in [0.3, 0.4) is 0 Å². The molecule has 0 aliphatic rings. The number of hydrogen-bond donors (Lipinski definition) is 4. The van der Waals surface area contributed by atoms with Gasteiger partial charge >= 0.3 is 18.2 Å². The largest absolute Gasteiger partial charge is 0.497 e. The molecule has 0 fully saturated rings. The summed E-state index contributed by atoms with van der Waals surface area (Å²) in [5.74, 6) is -1.15. The van der Waals surface area contributed by atoms with Gasteiger partial charge in [-0.2, -0.15) is 23.1 Å². The Morgan fingerprint density at radius 2 is 1.39 bits per heavy atom. The molecule has 236 valence electrons. The van der Waals surface area contributed by atoms with Crippen LogP contribution in [0.15, 0.2) is 54.6 Å². The zero-order chi connectivity index (χ0) is 32.4. The first kappa shape index (κ1) is 35.1. The molecule has 0 amide bonds. The Balaban J connectivity index is 0.000000860. The first-order valence-corrected chi connectivity index (χ1v) is 13.5. The summed E-state index contributed by atoms with van der Waals surface area (Å²) in [4.78, 5) is 18.1. The number of rotatable bonds is 14. The van der Waals surface area contributed by atoms with E-state index in [9.17, 15) is 13.2 Å². The van der Waals surface area contributed by atoms with Gasteiger partial charge in [-0.15, -0.1) is 0 Å². The fraction of sp³-hybridized carbons (Fsp3) is 0.290. The molecule has 2 aromatic carbocycles. The molecule has 0 saturated carbocycles. The van der Waals surface area contributed by atoms with E-state index in [1.807, 2.05) is 78.9 Å². The Hall–Kier alpha value is -5.07. The number of carbonyl (C=O) groups is 1. The van der Waals surface area contributed by atoms with Crippen LogP contribution >= 0.6 is 0 Å². The second-order valence-electron chi connectivity index (χ2n) is 9.13. The minimum Gasteiger partial charge on any atom is -0.497 e. The molecule has 0 bridgehead atoms. The quantitative estimate of drug-likeness (QED) is 0.0988. The summed E-state index contributed by atoms with van der Waals surface area (Å²) in [5, 5.41) is 17.1. The van der Waals surface area contributed by atoms with Gasteiger partial charge in [0, 0.05) is 6.54 Å². The van der Waals surface area contributed by atoms with Crippen molar-refractivity contribution < 1.29 is 37.3 Å². The SMILES string of the molecule is COc1cccc(C=Cc2cc(C=Cc3cccc(OC)c3)nc(OCCCCCCNC(=N)N)n2)c1.O=C(O)C(F)(F)F. The second-order valence-corrected chi connectivity index (χ2v) is 9.13. The Morgan fingerprint density at radius 3 is 1.84 bits per heavy atom. The fourth-order valence-corrected chi connectivity index (χ4v) is 3.52. The van der Waals surface area contributed by atoms with Crippen molar-refractivity contribution in [2.24, 2.45) is 5.73 Å². The molecule has 3 aromatic rings. The molecule has 0 aliphatic carbocycles. The van der Waals surface area contributed by atoms with Crippen molar-refractivity contribution in [1.29, 1.82) is 5.41 Å². The van der Waals surface area contributed by atoms with Crippen LogP contribution in [0.1, 0.15) is 48.2 Å². The van der Waals surface area contributed by atoms with Gasteiger partial charge in [-0.25, -0.2) is 4.79 Å². The van der Waals surface area contributed by atoms with Crippen molar-refractivity contribution in [2.75, 3.05) is 27.4 Å². The number of carboxylic acids is 1. The highest BCUT2D eigenvalue weighted by atomic mass is 19.4. The van der Waals surface area contributed by atoms with Crippen molar-refractivity contribution >= 4 is 36.2 Å². The Morgan fingerprint density at radius 1 is 0.886 bits per heavy atom. The predicted molar refractivity (Wildman–Crippen MR) is 163 cm³/mol. The van der Waals surface area contributed by atoms with Crippen LogP contribution in [-0.4, -0.2) is 60.6 Å². The van der Waals surface area contributed by atoms with E-state index in [0.29, 0.717) is 19.2 Å². The van der Waals surface area contributed by atoms with Crippen LogP contribution in [0.2, 0.25) is 0 Å². The van der Waals surface area contributed by atoms with Gasteiger partial charge in [-0.3, -0.25) is 5.41 Å². The van der Waals surface area contributed by atoms with Crippen LogP contribution in [0, 0.1) is 5.41 Å². The highest BCUT2D eigenvalue weighted by Gasteiger charge is 2.38. The van der Waals surface area contributed by atoms with E-state index in [1.54, 1.807) is 14.2 Å². The lowest BCUT2D eigenvalue weighted by Crippen LogP contribution is -2.30. The first-order chi connectivity index (χ1) is 21.0. The number of aliphatic carboxylic acids is 1. The van der Waals surface area contributed by atoms with E-state index in [-0.39, 0.29) is 5.96 Å². The van der Waals surface area contributed by atoms with Gasteiger partial charge in [0.25, 0.3) is 0 Å². The number of guanidine groups is 1. The third-order valence-electron chi connectivity index (χ3n) is 5.69. The predicted octanol–water partition coefficient (Wildman–Crippen LogP) is 5.89. The highest BCUT2D eigenvalue weighted by Crippen LogP contribution is 2.19. The molecule has 0 atom stereocenters. The maximum Gasteiger partial charge on any atom is 0.490 e. The maximum absolute atomic E-state index is 10.6. The normalized spacial score (nSPS) is 11.1. The Bertz CT molecular complexity index is 1340. The van der Waals surface area contributed by atoms with E-state index >= 15 is 0 Å². The number of methoxy groups -OCH3 is 2. The molecule has 0 aliphatic heterocycles. The molecule has 3 rings (SSSR count). The van der Waals surface area contributed by atoms with Gasteiger partial charge in [0.05, 0.1) is 32.2 Å². The monoisotopic (exact) mass is 615 g/mol. The molecule has 1 aromatic heterocycles. The van der Waals surface area contributed by atoms with Crippen LogP contribution in [0.4, 0.5) is 13.2 Å².